The zero-order valence-corrected chi connectivity index (χ0v) is 11.8. The van der Waals surface area contributed by atoms with Gasteiger partial charge in [-0.15, -0.1) is 0 Å². The maximum Gasteiger partial charge on any atom is 0.259 e. The molecule has 0 aliphatic rings. The minimum Gasteiger partial charge on any atom is -0.483 e. The molecule has 6 heteroatoms. The molecule has 2 aromatic rings. The quantitative estimate of drug-likeness (QED) is 0.890. The predicted molar refractivity (Wildman–Crippen MR) is 80.5 cm³/mol. The molecular weight excluding hydrogens is 292 g/mol. The third kappa shape index (κ3) is 3.97. The Morgan fingerprint density at radius 2 is 1.76 bits per heavy atom. The Bertz CT molecular complexity index is 673. The van der Waals surface area contributed by atoms with Crippen LogP contribution in [0, 0.1) is 0 Å². The van der Waals surface area contributed by atoms with Gasteiger partial charge < -0.3 is 15.8 Å². The Hall–Kier alpha value is -2.53. The Kier molecular flexibility index (Phi) is 4.79. The number of rotatable bonds is 5. The van der Waals surface area contributed by atoms with E-state index in [1.165, 1.54) is 0 Å². The number of anilines is 1. The van der Waals surface area contributed by atoms with Crippen LogP contribution in [0.25, 0.3) is 0 Å². The van der Waals surface area contributed by atoms with Gasteiger partial charge in [-0.1, -0.05) is 35.9 Å². The van der Waals surface area contributed by atoms with Gasteiger partial charge in [-0.25, -0.2) is 0 Å². The second-order valence-electron chi connectivity index (χ2n) is 4.19. The largest absolute Gasteiger partial charge is 0.483 e. The molecule has 0 unspecified atom stereocenters. The molecule has 0 aromatic heterocycles. The molecule has 21 heavy (non-hydrogen) atoms. The molecule has 0 radical (unpaired) electrons. The van der Waals surface area contributed by atoms with Crippen molar-refractivity contribution in [2.75, 3.05) is 11.9 Å². The van der Waals surface area contributed by atoms with Crippen molar-refractivity contribution in [2.45, 2.75) is 0 Å². The molecule has 0 aliphatic carbocycles. The van der Waals surface area contributed by atoms with Gasteiger partial charge >= 0.3 is 0 Å². The lowest BCUT2D eigenvalue weighted by molar-refractivity contribution is -0.119. The minimum absolute atomic E-state index is 0.279. The summed E-state index contributed by atoms with van der Waals surface area (Å²) in [5.41, 5.74) is 5.81. The summed E-state index contributed by atoms with van der Waals surface area (Å²) in [6, 6.07) is 13.5. The molecule has 0 atom stereocenters. The van der Waals surface area contributed by atoms with Gasteiger partial charge in [0.25, 0.3) is 11.8 Å². The van der Waals surface area contributed by atoms with Crippen molar-refractivity contribution in [1.29, 1.82) is 0 Å². The SMILES string of the molecule is NC(=O)COc1ccccc1C(=O)Nc1ccccc1Cl. The molecule has 0 saturated carbocycles. The first-order valence-corrected chi connectivity index (χ1v) is 6.51. The zero-order chi connectivity index (χ0) is 15.2. The molecule has 108 valence electrons. The van der Waals surface area contributed by atoms with Gasteiger partial charge in [-0.2, -0.15) is 0 Å². The van der Waals surface area contributed by atoms with Crippen LogP contribution in [0.1, 0.15) is 10.4 Å². The fourth-order valence-corrected chi connectivity index (χ4v) is 1.86. The van der Waals surface area contributed by atoms with Crippen LogP contribution in [0.5, 0.6) is 5.75 Å². The van der Waals surface area contributed by atoms with Gasteiger partial charge in [0.05, 0.1) is 16.3 Å². The van der Waals surface area contributed by atoms with E-state index < -0.39 is 5.91 Å². The van der Waals surface area contributed by atoms with Gasteiger partial charge in [0.1, 0.15) is 5.75 Å². The fourth-order valence-electron chi connectivity index (χ4n) is 1.68. The Balaban J connectivity index is 2.19. The number of ether oxygens (including phenoxy) is 1. The molecule has 5 nitrogen and oxygen atoms in total. The first-order valence-electron chi connectivity index (χ1n) is 6.14. The van der Waals surface area contributed by atoms with Gasteiger partial charge in [0.2, 0.25) is 0 Å². The fraction of sp³-hybridized carbons (Fsp3) is 0.0667. The molecule has 0 bridgehead atoms. The number of primary amides is 1. The van der Waals surface area contributed by atoms with Crippen LogP contribution in [0.15, 0.2) is 48.5 Å². The van der Waals surface area contributed by atoms with E-state index in [0.29, 0.717) is 16.3 Å². The highest BCUT2D eigenvalue weighted by Gasteiger charge is 2.14. The van der Waals surface area contributed by atoms with Crippen LogP contribution >= 0.6 is 11.6 Å². The highest BCUT2D eigenvalue weighted by atomic mass is 35.5. The predicted octanol–water partition coefficient (Wildman–Crippen LogP) is 2.46. The van der Waals surface area contributed by atoms with Gasteiger partial charge in [0, 0.05) is 0 Å². The first-order chi connectivity index (χ1) is 10.1. The summed E-state index contributed by atoms with van der Waals surface area (Å²) >= 11 is 5.99. The lowest BCUT2D eigenvalue weighted by Gasteiger charge is -2.11. The van der Waals surface area contributed by atoms with E-state index in [2.05, 4.69) is 5.32 Å². The standard InChI is InChI=1S/C15H13ClN2O3/c16-11-6-2-3-7-12(11)18-15(20)10-5-1-4-8-13(10)21-9-14(17)19/h1-8H,9H2,(H2,17,19)(H,18,20). The van der Waals surface area contributed by atoms with Gasteiger partial charge in [0.15, 0.2) is 6.61 Å². The minimum atomic E-state index is -0.615. The number of hydrogen-bond acceptors (Lipinski definition) is 3. The van der Waals surface area contributed by atoms with Crippen molar-refractivity contribution in [3.05, 3.63) is 59.1 Å². The van der Waals surface area contributed by atoms with E-state index in [-0.39, 0.29) is 18.3 Å². The number of para-hydroxylation sites is 2. The molecule has 0 heterocycles. The summed E-state index contributed by atoms with van der Waals surface area (Å²) in [5.74, 6) is -0.722. The smallest absolute Gasteiger partial charge is 0.259 e. The molecule has 0 saturated heterocycles. The van der Waals surface area contributed by atoms with Crippen molar-refractivity contribution >= 4 is 29.1 Å². The lowest BCUT2D eigenvalue weighted by Crippen LogP contribution is -2.21. The zero-order valence-electron chi connectivity index (χ0n) is 11.0. The molecule has 2 rings (SSSR count). The number of carbonyl (C=O) groups is 2. The molecule has 2 aromatic carbocycles. The van der Waals surface area contributed by atoms with Gasteiger partial charge in [-0.05, 0) is 24.3 Å². The molecule has 2 amide bonds. The van der Waals surface area contributed by atoms with Crippen molar-refractivity contribution < 1.29 is 14.3 Å². The summed E-state index contributed by atoms with van der Waals surface area (Å²) in [6.07, 6.45) is 0. The van der Waals surface area contributed by atoms with Crippen molar-refractivity contribution in [1.82, 2.24) is 0 Å². The van der Waals surface area contributed by atoms with Crippen molar-refractivity contribution in [3.8, 4) is 5.75 Å². The maximum atomic E-state index is 12.3. The number of nitrogens with two attached hydrogens (primary N) is 1. The number of carbonyl (C=O) groups excluding carboxylic acids is 2. The molecule has 0 spiro atoms. The van der Waals surface area contributed by atoms with Gasteiger partial charge in [-0.3, -0.25) is 9.59 Å². The highest BCUT2D eigenvalue weighted by molar-refractivity contribution is 6.33. The van der Waals surface area contributed by atoms with E-state index in [1.54, 1.807) is 48.5 Å². The van der Waals surface area contributed by atoms with Crippen molar-refractivity contribution in [2.24, 2.45) is 5.73 Å². The van der Waals surface area contributed by atoms with Crippen LogP contribution in [0.3, 0.4) is 0 Å². The Morgan fingerprint density at radius 3 is 2.48 bits per heavy atom. The third-order valence-electron chi connectivity index (χ3n) is 2.62. The van der Waals surface area contributed by atoms with E-state index in [4.69, 9.17) is 22.1 Å². The topological polar surface area (TPSA) is 81.4 Å². The highest BCUT2D eigenvalue weighted by Crippen LogP contribution is 2.23. The first kappa shape index (κ1) is 14.9. The number of amides is 2. The summed E-state index contributed by atoms with van der Waals surface area (Å²) in [4.78, 5) is 23.0. The second kappa shape index (κ2) is 6.76. The number of halogens is 1. The molecule has 0 fully saturated rings. The van der Waals surface area contributed by atoms with Crippen LogP contribution in [0.4, 0.5) is 5.69 Å². The van der Waals surface area contributed by atoms with Crippen molar-refractivity contribution in [3.63, 3.8) is 0 Å². The van der Waals surface area contributed by atoms with Crippen LogP contribution in [-0.2, 0) is 4.79 Å². The second-order valence-corrected chi connectivity index (χ2v) is 4.59. The average Bonchev–Trinajstić information content (AvgIpc) is 2.47. The monoisotopic (exact) mass is 304 g/mol. The molecule has 3 N–H and O–H groups in total. The molecular formula is C15H13ClN2O3. The van der Waals surface area contributed by atoms with Crippen LogP contribution < -0.4 is 15.8 Å². The lowest BCUT2D eigenvalue weighted by atomic mass is 10.2. The van der Waals surface area contributed by atoms with E-state index >= 15 is 0 Å². The van der Waals surface area contributed by atoms with Crippen LogP contribution in [-0.4, -0.2) is 18.4 Å². The normalized spacial score (nSPS) is 9.95. The van der Waals surface area contributed by atoms with E-state index in [0.717, 1.165) is 0 Å². The molecule has 0 aliphatic heterocycles. The van der Waals surface area contributed by atoms with E-state index in [9.17, 15) is 9.59 Å². The third-order valence-corrected chi connectivity index (χ3v) is 2.95. The Labute approximate surface area is 126 Å². The Morgan fingerprint density at radius 1 is 1.10 bits per heavy atom. The average molecular weight is 305 g/mol. The number of nitrogens with one attached hydrogen (secondary N) is 1. The summed E-state index contributed by atoms with van der Waals surface area (Å²) in [7, 11) is 0. The van der Waals surface area contributed by atoms with Crippen LogP contribution in [0.2, 0.25) is 5.02 Å². The summed E-state index contributed by atoms with van der Waals surface area (Å²) in [6.45, 7) is -0.295. The summed E-state index contributed by atoms with van der Waals surface area (Å²) < 4.78 is 5.22. The van der Waals surface area contributed by atoms with E-state index in [1.807, 2.05) is 0 Å². The maximum absolute atomic E-state index is 12.3. The summed E-state index contributed by atoms with van der Waals surface area (Å²) in [5, 5.41) is 3.12. The number of benzene rings is 2. The number of hydrogen-bond donors (Lipinski definition) is 2.